The minimum Gasteiger partial charge on any atom is -0.488 e. The Hall–Kier alpha value is -3.13. The molecule has 0 aliphatic heterocycles. The van der Waals surface area contributed by atoms with E-state index in [1.165, 1.54) is 16.7 Å². The van der Waals surface area contributed by atoms with Gasteiger partial charge in [-0.1, -0.05) is 6.92 Å². The summed E-state index contributed by atoms with van der Waals surface area (Å²) in [6.07, 6.45) is 1.54. The van der Waals surface area contributed by atoms with Crippen LogP contribution in [0.15, 0.2) is 35.1 Å². The molecule has 0 spiro atoms. The maximum absolute atomic E-state index is 13.7. The molecule has 32 heavy (non-hydrogen) atoms. The maximum Gasteiger partial charge on any atom is 0.271 e. The molecule has 0 saturated carbocycles. The summed E-state index contributed by atoms with van der Waals surface area (Å²) in [6.45, 7) is 6.07. The summed E-state index contributed by atoms with van der Waals surface area (Å²) in [5.41, 5.74) is 1.83. The van der Waals surface area contributed by atoms with Gasteiger partial charge in [-0.05, 0) is 63.4 Å². The number of carbonyl (C=O) groups is 1. The van der Waals surface area contributed by atoms with Crippen molar-refractivity contribution in [3.63, 3.8) is 0 Å². The molecule has 2 aromatic heterocycles. The second kappa shape index (κ2) is 9.99. The number of pyridine rings is 1. The van der Waals surface area contributed by atoms with Crippen molar-refractivity contribution < 1.29 is 19.0 Å². The number of fused-ring (bicyclic) bond motifs is 1. The monoisotopic (exact) mass is 443 g/mol. The average Bonchev–Trinajstić information content (AvgIpc) is 3.03. The smallest absolute Gasteiger partial charge is 0.271 e. The zero-order valence-corrected chi connectivity index (χ0v) is 18.9. The van der Waals surface area contributed by atoms with Crippen molar-refractivity contribution in [2.75, 3.05) is 13.2 Å². The number of nitrogens with zero attached hydrogens (tertiary/aromatic N) is 2. The molecule has 7 nitrogen and oxygen atoms in total. The van der Waals surface area contributed by atoms with Gasteiger partial charge in [0.1, 0.15) is 11.2 Å². The van der Waals surface area contributed by atoms with Crippen molar-refractivity contribution >= 4 is 16.8 Å². The molecular weight excluding hydrogens is 413 g/mol. The van der Waals surface area contributed by atoms with Gasteiger partial charge in [0.25, 0.3) is 11.5 Å². The molecule has 0 aliphatic rings. The van der Waals surface area contributed by atoms with E-state index in [0.29, 0.717) is 42.4 Å². The quantitative estimate of drug-likeness (QED) is 0.497. The lowest BCUT2D eigenvalue weighted by molar-refractivity contribution is 0.0938. The van der Waals surface area contributed by atoms with Gasteiger partial charge < -0.3 is 19.7 Å². The third-order valence-electron chi connectivity index (χ3n) is 5.29. The highest BCUT2D eigenvalue weighted by Crippen LogP contribution is 2.32. The molecule has 0 saturated heterocycles. The minimum absolute atomic E-state index is 0.0638. The van der Waals surface area contributed by atoms with E-state index >= 15 is 0 Å². The van der Waals surface area contributed by atoms with Crippen LogP contribution in [0.4, 0.5) is 4.39 Å². The Morgan fingerprint density at radius 3 is 2.50 bits per heavy atom. The fraction of sp³-hybridized carbons (Fsp3) is 0.417. The molecule has 8 heteroatoms. The lowest BCUT2D eigenvalue weighted by Gasteiger charge is -2.14. The number of aliphatic hydroxyl groups excluding tert-OH is 1. The van der Waals surface area contributed by atoms with Crippen molar-refractivity contribution in [2.24, 2.45) is 7.05 Å². The number of rotatable bonds is 9. The molecule has 3 rings (SSSR count). The average molecular weight is 444 g/mol. The molecule has 0 atom stereocenters. The van der Waals surface area contributed by atoms with E-state index in [4.69, 9.17) is 9.84 Å². The first-order valence-electron chi connectivity index (χ1n) is 10.9. The number of carbonyl (C=O) groups excluding carboxylic acids is 1. The summed E-state index contributed by atoms with van der Waals surface area (Å²) in [7, 11) is 1.74. The largest absolute Gasteiger partial charge is 0.488 e. The van der Waals surface area contributed by atoms with E-state index < -0.39 is 0 Å². The van der Waals surface area contributed by atoms with Gasteiger partial charge >= 0.3 is 0 Å². The first-order valence-corrected chi connectivity index (χ1v) is 10.9. The maximum atomic E-state index is 13.7. The van der Waals surface area contributed by atoms with E-state index in [1.807, 2.05) is 26.8 Å². The Balaban J connectivity index is 2.24. The predicted octanol–water partition coefficient (Wildman–Crippen LogP) is 3.32. The van der Waals surface area contributed by atoms with Gasteiger partial charge in [-0.2, -0.15) is 0 Å². The number of aromatic nitrogens is 2. The number of unbranched alkanes of at least 4 members (excludes halogenated alkanes) is 1. The van der Waals surface area contributed by atoms with E-state index in [9.17, 15) is 14.0 Å². The fourth-order valence-corrected chi connectivity index (χ4v) is 3.78. The Morgan fingerprint density at radius 1 is 1.22 bits per heavy atom. The van der Waals surface area contributed by atoms with Crippen molar-refractivity contribution in [2.45, 2.75) is 46.1 Å². The SMILES string of the molecule is CCc1cc2c(c(OC(C)C)c(C(=O)NCCCCO)n2C)c(=O)n1-c1ccc(F)cc1. The highest BCUT2D eigenvalue weighted by atomic mass is 19.1. The first kappa shape index (κ1) is 23.5. The number of benzene rings is 1. The van der Waals surface area contributed by atoms with Crippen molar-refractivity contribution in [3.8, 4) is 11.4 Å². The summed E-state index contributed by atoms with van der Waals surface area (Å²) in [4.78, 5) is 26.7. The van der Waals surface area contributed by atoms with Crippen LogP contribution in [0, 0.1) is 5.82 Å². The van der Waals surface area contributed by atoms with Crippen LogP contribution in [0.5, 0.6) is 5.75 Å². The second-order valence-electron chi connectivity index (χ2n) is 7.96. The normalized spacial score (nSPS) is 11.3. The van der Waals surface area contributed by atoms with E-state index in [0.717, 1.165) is 5.69 Å². The summed E-state index contributed by atoms with van der Waals surface area (Å²) in [6, 6.07) is 7.61. The Bertz CT molecular complexity index is 1160. The Kier molecular flexibility index (Phi) is 7.35. The molecule has 2 heterocycles. The molecule has 0 aliphatic carbocycles. The highest BCUT2D eigenvalue weighted by molar-refractivity contribution is 6.04. The van der Waals surface area contributed by atoms with Crippen LogP contribution < -0.4 is 15.6 Å². The zero-order valence-electron chi connectivity index (χ0n) is 18.9. The molecular formula is C24H30FN3O4. The van der Waals surface area contributed by atoms with Crippen LogP contribution in [0.2, 0.25) is 0 Å². The van der Waals surface area contributed by atoms with Gasteiger partial charge in [0.15, 0.2) is 11.4 Å². The van der Waals surface area contributed by atoms with Crippen molar-refractivity contribution in [1.82, 2.24) is 14.5 Å². The number of amides is 1. The van der Waals surface area contributed by atoms with Crippen LogP contribution >= 0.6 is 0 Å². The van der Waals surface area contributed by atoms with Crippen LogP contribution in [0.3, 0.4) is 0 Å². The number of hydrogen-bond donors (Lipinski definition) is 2. The molecule has 2 N–H and O–H groups in total. The molecule has 0 bridgehead atoms. The van der Waals surface area contributed by atoms with Gasteiger partial charge in [-0.25, -0.2) is 4.39 Å². The third-order valence-corrected chi connectivity index (χ3v) is 5.29. The van der Waals surface area contributed by atoms with Crippen LogP contribution in [-0.2, 0) is 13.5 Å². The van der Waals surface area contributed by atoms with Crippen LogP contribution in [0.1, 0.15) is 49.8 Å². The zero-order chi connectivity index (χ0) is 23.4. The summed E-state index contributed by atoms with van der Waals surface area (Å²) in [5.74, 6) is -0.492. The minimum atomic E-state index is -0.385. The van der Waals surface area contributed by atoms with Gasteiger partial charge in [0.05, 0.1) is 11.6 Å². The van der Waals surface area contributed by atoms with Crippen LogP contribution in [0.25, 0.3) is 16.6 Å². The molecule has 0 fully saturated rings. The number of aliphatic hydroxyl groups is 1. The van der Waals surface area contributed by atoms with Gasteiger partial charge in [0.2, 0.25) is 0 Å². The molecule has 1 aromatic carbocycles. The Morgan fingerprint density at radius 2 is 1.91 bits per heavy atom. The molecule has 0 radical (unpaired) electrons. The fourth-order valence-electron chi connectivity index (χ4n) is 3.78. The van der Waals surface area contributed by atoms with Gasteiger partial charge in [0, 0.05) is 31.6 Å². The number of hydrogen-bond acceptors (Lipinski definition) is 4. The van der Waals surface area contributed by atoms with Crippen molar-refractivity contribution in [1.29, 1.82) is 0 Å². The third kappa shape index (κ3) is 4.55. The number of halogens is 1. The molecule has 0 unspecified atom stereocenters. The standard InChI is InChI=1S/C24H30FN3O4/c1-5-17-14-19-20(24(31)28(17)18-10-8-16(25)9-11-18)22(32-15(2)3)21(27(19)4)23(30)26-12-6-7-13-29/h8-11,14-15,29H,5-7,12-13H2,1-4H3,(H,26,30). The second-order valence-corrected chi connectivity index (χ2v) is 7.96. The lowest BCUT2D eigenvalue weighted by Crippen LogP contribution is -2.27. The molecule has 172 valence electrons. The lowest BCUT2D eigenvalue weighted by atomic mass is 10.2. The highest BCUT2D eigenvalue weighted by Gasteiger charge is 2.27. The van der Waals surface area contributed by atoms with E-state index in [1.54, 1.807) is 23.7 Å². The van der Waals surface area contributed by atoms with Gasteiger partial charge in [-0.15, -0.1) is 0 Å². The summed E-state index contributed by atoms with van der Waals surface area (Å²) >= 11 is 0. The number of ether oxygens (including phenoxy) is 1. The predicted molar refractivity (Wildman–Crippen MR) is 122 cm³/mol. The van der Waals surface area contributed by atoms with Crippen molar-refractivity contribution in [3.05, 3.63) is 57.9 Å². The molecule has 1 amide bonds. The van der Waals surface area contributed by atoms with E-state index in [-0.39, 0.29) is 41.4 Å². The van der Waals surface area contributed by atoms with Crippen LogP contribution in [-0.4, -0.2) is 39.4 Å². The van der Waals surface area contributed by atoms with E-state index in [2.05, 4.69) is 5.32 Å². The summed E-state index contributed by atoms with van der Waals surface area (Å²) < 4.78 is 22.7. The topological polar surface area (TPSA) is 85.5 Å². The Labute approximate surface area is 186 Å². The number of aryl methyl sites for hydroxylation is 2. The molecule has 3 aromatic rings. The first-order chi connectivity index (χ1) is 15.3. The summed E-state index contributed by atoms with van der Waals surface area (Å²) in [5, 5.41) is 12.1. The van der Waals surface area contributed by atoms with Gasteiger partial charge in [-0.3, -0.25) is 14.2 Å². The number of nitrogens with one attached hydrogen (secondary N) is 1.